The lowest BCUT2D eigenvalue weighted by Crippen LogP contribution is -2.49. The molecule has 1 N–H and O–H groups in total. The van der Waals surface area contributed by atoms with E-state index in [1.54, 1.807) is 10.7 Å². The van der Waals surface area contributed by atoms with Crippen LogP contribution in [0.2, 0.25) is 0 Å². The third-order valence-corrected chi connectivity index (χ3v) is 6.23. The summed E-state index contributed by atoms with van der Waals surface area (Å²) in [6, 6.07) is 9.46. The van der Waals surface area contributed by atoms with E-state index >= 15 is 0 Å². The van der Waals surface area contributed by atoms with E-state index in [0.717, 1.165) is 67.5 Å². The van der Waals surface area contributed by atoms with Gasteiger partial charge in [0.2, 0.25) is 0 Å². The number of nitrogens with zero attached hydrogens (tertiary/aromatic N) is 5. The summed E-state index contributed by atoms with van der Waals surface area (Å²) in [5, 5.41) is 12.6. The highest BCUT2D eigenvalue weighted by molar-refractivity contribution is 6.04. The second-order valence-electron chi connectivity index (χ2n) is 8.14. The highest BCUT2D eigenvalue weighted by atomic mass is 16.2. The van der Waals surface area contributed by atoms with Crippen LogP contribution in [0.15, 0.2) is 35.1 Å². The van der Waals surface area contributed by atoms with Gasteiger partial charge >= 0.3 is 0 Å². The minimum atomic E-state index is -0.0281. The number of fused-ring (bicyclic) bond motifs is 2. The topological polar surface area (TPSA) is 87.1 Å². The number of hydrogen-bond donors (Lipinski definition) is 1. The fourth-order valence-corrected chi connectivity index (χ4v) is 4.45. The van der Waals surface area contributed by atoms with Gasteiger partial charge in [-0.3, -0.25) is 19.6 Å². The molecule has 2 aliphatic rings. The van der Waals surface area contributed by atoms with E-state index < -0.39 is 0 Å². The lowest BCUT2D eigenvalue weighted by atomic mass is 9.97. The normalized spacial score (nSPS) is 17.3. The van der Waals surface area contributed by atoms with E-state index in [9.17, 15) is 9.59 Å². The number of piperazine rings is 1. The van der Waals surface area contributed by atoms with Crippen molar-refractivity contribution >= 4 is 16.8 Å². The second kappa shape index (κ2) is 8.02. The molecule has 8 heteroatoms. The van der Waals surface area contributed by atoms with E-state index in [-0.39, 0.29) is 11.5 Å². The standard InChI is InChI=1S/C22H26N6O2/c29-20-15-16-5-1-3-7-18(16)25-28(20)14-11-26-9-12-27(13-10-26)22(30)21-17-6-2-4-8-19(17)23-24-21/h2,4,6,8,15H,1,3,5,7,9-14H2,(H,23,24). The number of nitrogens with one attached hydrogen (secondary N) is 1. The molecule has 1 aliphatic heterocycles. The molecule has 5 rings (SSSR count). The molecule has 8 nitrogen and oxygen atoms in total. The quantitative estimate of drug-likeness (QED) is 0.709. The van der Waals surface area contributed by atoms with Crippen LogP contribution in [0, 0.1) is 0 Å². The van der Waals surface area contributed by atoms with Crippen LogP contribution >= 0.6 is 0 Å². The molecule has 2 aromatic heterocycles. The largest absolute Gasteiger partial charge is 0.335 e. The summed E-state index contributed by atoms with van der Waals surface area (Å²) in [4.78, 5) is 29.4. The molecule has 3 aromatic rings. The van der Waals surface area contributed by atoms with Gasteiger partial charge < -0.3 is 4.90 Å². The van der Waals surface area contributed by atoms with Gasteiger partial charge in [-0.05, 0) is 37.3 Å². The van der Waals surface area contributed by atoms with E-state index in [2.05, 4.69) is 20.2 Å². The van der Waals surface area contributed by atoms with Crippen molar-refractivity contribution in [2.45, 2.75) is 32.2 Å². The first-order valence-electron chi connectivity index (χ1n) is 10.7. The van der Waals surface area contributed by atoms with Crippen molar-refractivity contribution in [2.75, 3.05) is 32.7 Å². The number of carbonyl (C=O) groups excluding carboxylic acids is 1. The number of aromatic amines is 1. The molecule has 3 heterocycles. The van der Waals surface area contributed by atoms with Crippen molar-refractivity contribution in [3.8, 4) is 0 Å². The van der Waals surface area contributed by atoms with E-state index in [1.807, 2.05) is 29.2 Å². The van der Waals surface area contributed by atoms with E-state index in [4.69, 9.17) is 0 Å². The molecule has 1 saturated heterocycles. The maximum atomic E-state index is 12.9. The van der Waals surface area contributed by atoms with Gasteiger partial charge in [-0.2, -0.15) is 10.2 Å². The molecule has 0 atom stereocenters. The van der Waals surface area contributed by atoms with Crippen LogP contribution in [-0.4, -0.2) is 68.4 Å². The number of rotatable bonds is 4. The summed E-state index contributed by atoms with van der Waals surface area (Å²) in [6.45, 7) is 4.24. The monoisotopic (exact) mass is 406 g/mol. The van der Waals surface area contributed by atoms with Crippen LogP contribution in [0.4, 0.5) is 0 Å². The van der Waals surface area contributed by atoms with Gasteiger partial charge in [0.15, 0.2) is 5.69 Å². The predicted octanol–water partition coefficient (Wildman–Crippen LogP) is 1.46. The van der Waals surface area contributed by atoms with E-state index in [1.165, 1.54) is 0 Å². The summed E-state index contributed by atoms with van der Waals surface area (Å²) in [5.41, 5.74) is 3.57. The second-order valence-corrected chi connectivity index (χ2v) is 8.14. The van der Waals surface area contributed by atoms with Crippen LogP contribution in [0.3, 0.4) is 0 Å². The molecule has 1 fully saturated rings. The zero-order chi connectivity index (χ0) is 20.5. The average molecular weight is 406 g/mol. The number of para-hydroxylation sites is 1. The molecule has 1 aromatic carbocycles. The molecule has 0 bridgehead atoms. The third kappa shape index (κ3) is 3.63. The fraction of sp³-hybridized carbons (Fsp3) is 0.455. The number of aromatic nitrogens is 4. The Morgan fingerprint density at radius 2 is 1.83 bits per heavy atom. The van der Waals surface area contributed by atoms with Crippen LogP contribution in [0.1, 0.15) is 34.6 Å². The van der Waals surface area contributed by atoms with Crippen LogP contribution in [0.5, 0.6) is 0 Å². The first-order chi connectivity index (χ1) is 14.7. The van der Waals surface area contributed by atoms with Crippen LogP contribution < -0.4 is 5.56 Å². The lowest BCUT2D eigenvalue weighted by Gasteiger charge is -2.34. The van der Waals surface area contributed by atoms with Crippen molar-refractivity contribution in [1.82, 2.24) is 29.8 Å². The van der Waals surface area contributed by atoms with Gasteiger partial charge in [0.1, 0.15) is 0 Å². The van der Waals surface area contributed by atoms with Crippen LogP contribution in [-0.2, 0) is 19.4 Å². The predicted molar refractivity (Wildman–Crippen MR) is 114 cm³/mol. The molecule has 1 aliphatic carbocycles. The Hall–Kier alpha value is -3.00. The Kier molecular flexibility index (Phi) is 5.08. The number of benzene rings is 1. The third-order valence-electron chi connectivity index (χ3n) is 6.23. The molecule has 0 spiro atoms. The highest BCUT2D eigenvalue weighted by Crippen LogP contribution is 2.18. The number of amides is 1. The number of aryl methyl sites for hydroxylation is 2. The van der Waals surface area contributed by atoms with Crippen molar-refractivity contribution in [1.29, 1.82) is 0 Å². The van der Waals surface area contributed by atoms with Gasteiger partial charge in [0, 0.05) is 44.2 Å². The highest BCUT2D eigenvalue weighted by Gasteiger charge is 2.25. The Morgan fingerprint density at radius 1 is 1.03 bits per heavy atom. The first-order valence-corrected chi connectivity index (χ1v) is 10.7. The molecule has 156 valence electrons. The summed E-state index contributed by atoms with van der Waals surface area (Å²) in [7, 11) is 0. The minimum absolute atomic E-state index is 0.00475. The van der Waals surface area contributed by atoms with Gasteiger partial charge in [0.05, 0.1) is 17.8 Å². The molecule has 0 unspecified atom stereocenters. The van der Waals surface area contributed by atoms with Gasteiger partial charge in [-0.25, -0.2) is 4.68 Å². The number of carbonyl (C=O) groups is 1. The lowest BCUT2D eigenvalue weighted by molar-refractivity contribution is 0.0627. The summed E-state index contributed by atoms with van der Waals surface area (Å²) >= 11 is 0. The molecular weight excluding hydrogens is 380 g/mol. The molecular formula is C22H26N6O2. The Morgan fingerprint density at radius 3 is 2.70 bits per heavy atom. The van der Waals surface area contributed by atoms with Crippen molar-refractivity contribution in [3.63, 3.8) is 0 Å². The first kappa shape index (κ1) is 19.0. The van der Waals surface area contributed by atoms with Crippen molar-refractivity contribution < 1.29 is 4.79 Å². The smallest absolute Gasteiger partial charge is 0.275 e. The average Bonchev–Trinajstić information content (AvgIpc) is 3.22. The maximum absolute atomic E-state index is 12.9. The fourth-order valence-electron chi connectivity index (χ4n) is 4.45. The van der Waals surface area contributed by atoms with Crippen molar-refractivity contribution in [2.24, 2.45) is 0 Å². The van der Waals surface area contributed by atoms with Crippen molar-refractivity contribution in [3.05, 3.63) is 57.6 Å². The Balaban J connectivity index is 1.19. The Labute approximate surface area is 174 Å². The maximum Gasteiger partial charge on any atom is 0.275 e. The SMILES string of the molecule is O=C(c1n[nH]c2ccccc12)N1CCN(CCn2nc3c(cc2=O)CCCC3)CC1. The van der Waals surface area contributed by atoms with Crippen LogP contribution in [0.25, 0.3) is 10.9 Å². The zero-order valence-electron chi connectivity index (χ0n) is 17.0. The minimum Gasteiger partial charge on any atom is -0.335 e. The summed E-state index contributed by atoms with van der Waals surface area (Å²) < 4.78 is 1.61. The Bertz CT molecular complexity index is 1130. The molecule has 30 heavy (non-hydrogen) atoms. The van der Waals surface area contributed by atoms with E-state index in [0.29, 0.717) is 25.3 Å². The zero-order valence-corrected chi connectivity index (χ0v) is 17.0. The number of H-pyrrole nitrogens is 1. The molecule has 0 radical (unpaired) electrons. The number of hydrogen-bond acceptors (Lipinski definition) is 5. The van der Waals surface area contributed by atoms with Gasteiger partial charge in [0.25, 0.3) is 11.5 Å². The summed E-state index contributed by atoms with van der Waals surface area (Å²) in [5.74, 6) is -0.0281. The van der Waals surface area contributed by atoms with Gasteiger partial charge in [-0.15, -0.1) is 0 Å². The molecule has 0 saturated carbocycles. The van der Waals surface area contributed by atoms with Gasteiger partial charge in [-0.1, -0.05) is 18.2 Å². The molecule has 1 amide bonds. The summed E-state index contributed by atoms with van der Waals surface area (Å²) in [6.07, 6.45) is 4.24.